The number of benzene rings is 1. The zero-order valence-electron chi connectivity index (χ0n) is 15.9. The average Bonchev–Trinajstić information content (AvgIpc) is 3.02. The highest BCUT2D eigenvalue weighted by Gasteiger charge is 2.19. The topological polar surface area (TPSA) is 58.4 Å². The van der Waals surface area contributed by atoms with E-state index in [1.807, 2.05) is 4.68 Å². The molecule has 0 spiro atoms. The highest BCUT2D eigenvalue weighted by Crippen LogP contribution is 2.14. The molecule has 1 aromatic carbocycles. The number of hydrogen-bond acceptors (Lipinski definition) is 5. The van der Waals surface area contributed by atoms with Crippen LogP contribution in [0.3, 0.4) is 0 Å². The third kappa shape index (κ3) is 6.15. The van der Waals surface area contributed by atoms with E-state index >= 15 is 0 Å². The zero-order chi connectivity index (χ0) is 19.1. The first kappa shape index (κ1) is 19.5. The quantitative estimate of drug-likeness (QED) is 0.663. The highest BCUT2D eigenvalue weighted by atomic mass is 19.1. The fraction of sp³-hybridized carbons (Fsp3) is 0.500. The second kappa shape index (κ2) is 9.62. The van der Waals surface area contributed by atoms with E-state index in [9.17, 15) is 4.39 Å². The van der Waals surface area contributed by atoms with Crippen LogP contribution in [0.1, 0.15) is 31.9 Å². The maximum Gasteiger partial charge on any atom is 0.188 e. The molecule has 27 heavy (non-hydrogen) atoms. The van der Waals surface area contributed by atoms with Gasteiger partial charge in [0.15, 0.2) is 5.82 Å². The van der Waals surface area contributed by atoms with Gasteiger partial charge in [0, 0.05) is 12.5 Å². The van der Waals surface area contributed by atoms with E-state index in [0.717, 1.165) is 18.7 Å². The van der Waals surface area contributed by atoms with Gasteiger partial charge >= 0.3 is 0 Å². The number of rotatable bonds is 8. The third-order valence-electron chi connectivity index (χ3n) is 4.14. The lowest BCUT2D eigenvalue weighted by atomic mass is 10.2. The summed E-state index contributed by atoms with van der Waals surface area (Å²) in [5, 5.41) is 4.57. The van der Waals surface area contributed by atoms with Crippen LogP contribution in [0.25, 0.3) is 0 Å². The van der Waals surface area contributed by atoms with Crippen LogP contribution in [0.15, 0.2) is 35.9 Å². The van der Waals surface area contributed by atoms with E-state index in [4.69, 9.17) is 14.2 Å². The first-order valence-electron chi connectivity index (χ1n) is 9.24. The minimum absolute atomic E-state index is 0.0281. The Balaban J connectivity index is 1.68. The molecule has 1 aliphatic rings. The van der Waals surface area contributed by atoms with Gasteiger partial charge in [0.1, 0.15) is 30.1 Å². The smallest absolute Gasteiger partial charge is 0.188 e. The van der Waals surface area contributed by atoms with Gasteiger partial charge in [0.25, 0.3) is 0 Å². The molecule has 1 aromatic heterocycles. The van der Waals surface area contributed by atoms with Crippen molar-refractivity contribution in [3.05, 3.63) is 53.4 Å². The SMILES string of the molecule is CC(C)=CCCc1nc(COc2cccc(F)c2)nn1CC1COCCO1. The normalized spacial score (nSPS) is 16.9. The summed E-state index contributed by atoms with van der Waals surface area (Å²) in [6.07, 6.45) is 3.83. The predicted molar refractivity (Wildman–Crippen MR) is 99.1 cm³/mol. The molecule has 7 heteroatoms. The molecule has 1 atom stereocenters. The Morgan fingerprint density at radius 3 is 3.00 bits per heavy atom. The van der Waals surface area contributed by atoms with E-state index in [-0.39, 0.29) is 18.5 Å². The first-order chi connectivity index (χ1) is 13.1. The van der Waals surface area contributed by atoms with Crippen LogP contribution >= 0.6 is 0 Å². The monoisotopic (exact) mass is 375 g/mol. The van der Waals surface area contributed by atoms with E-state index in [0.29, 0.717) is 37.9 Å². The van der Waals surface area contributed by atoms with Crippen LogP contribution < -0.4 is 4.74 Å². The number of halogens is 1. The minimum atomic E-state index is -0.331. The van der Waals surface area contributed by atoms with Crippen LogP contribution in [0, 0.1) is 5.82 Å². The number of aryl methyl sites for hydroxylation is 1. The van der Waals surface area contributed by atoms with Crippen molar-refractivity contribution in [1.82, 2.24) is 14.8 Å². The summed E-state index contributed by atoms with van der Waals surface area (Å²) in [7, 11) is 0. The molecule has 0 aliphatic carbocycles. The summed E-state index contributed by atoms with van der Waals surface area (Å²) in [5.41, 5.74) is 1.28. The molecule has 1 aliphatic heterocycles. The molecule has 1 unspecified atom stereocenters. The average molecular weight is 375 g/mol. The third-order valence-corrected chi connectivity index (χ3v) is 4.14. The van der Waals surface area contributed by atoms with Gasteiger partial charge in [-0.1, -0.05) is 17.7 Å². The van der Waals surface area contributed by atoms with Gasteiger partial charge in [-0.3, -0.25) is 0 Å². The molecular weight excluding hydrogens is 349 g/mol. The minimum Gasteiger partial charge on any atom is -0.485 e. The number of aromatic nitrogens is 3. The van der Waals surface area contributed by atoms with Crippen molar-refractivity contribution in [1.29, 1.82) is 0 Å². The van der Waals surface area contributed by atoms with Crippen LogP contribution in [-0.2, 0) is 29.0 Å². The fourth-order valence-corrected chi connectivity index (χ4v) is 2.85. The number of hydrogen-bond donors (Lipinski definition) is 0. The van der Waals surface area contributed by atoms with Gasteiger partial charge in [-0.2, -0.15) is 5.10 Å². The van der Waals surface area contributed by atoms with Gasteiger partial charge in [-0.25, -0.2) is 14.1 Å². The fourth-order valence-electron chi connectivity index (χ4n) is 2.85. The number of allylic oxidation sites excluding steroid dienone is 2. The summed E-state index contributed by atoms with van der Waals surface area (Å²) in [5.74, 6) is 1.59. The molecule has 0 saturated carbocycles. The Labute approximate surface area is 159 Å². The van der Waals surface area contributed by atoms with Crippen molar-refractivity contribution in [3.8, 4) is 5.75 Å². The molecule has 0 bridgehead atoms. The molecule has 2 aromatic rings. The van der Waals surface area contributed by atoms with Crippen molar-refractivity contribution < 1.29 is 18.6 Å². The molecule has 0 amide bonds. The van der Waals surface area contributed by atoms with Gasteiger partial charge in [-0.05, 0) is 32.4 Å². The van der Waals surface area contributed by atoms with Crippen LogP contribution in [0.2, 0.25) is 0 Å². The molecule has 6 nitrogen and oxygen atoms in total. The first-order valence-corrected chi connectivity index (χ1v) is 9.24. The summed E-state index contributed by atoms with van der Waals surface area (Å²) >= 11 is 0. The van der Waals surface area contributed by atoms with E-state index in [2.05, 4.69) is 30.0 Å². The maximum absolute atomic E-state index is 13.3. The summed E-state index contributed by atoms with van der Waals surface area (Å²) < 4.78 is 32.0. The lowest BCUT2D eigenvalue weighted by molar-refractivity contribution is -0.0949. The van der Waals surface area contributed by atoms with Gasteiger partial charge in [0.05, 0.1) is 26.4 Å². The Morgan fingerprint density at radius 1 is 1.37 bits per heavy atom. The Morgan fingerprint density at radius 2 is 2.26 bits per heavy atom. The molecule has 0 radical (unpaired) electrons. The molecule has 146 valence electrons. The lowest BCUT2D eigenvalue weighted by Gasteiger charge is -2.23. The van der Waals surface area contributed by atoms with Crippen LogP contribution in [0.5, 0.6) is 5.75 Å². The summed E-state index contributed by atoms with van der Waals surface area (Å²) in [4.78, 5) is 4.62. The van der Waals surface area contributed by atoms with Crippen molar-refractivity contribution in [3.63, 3.8) is 0 Å². The molecule has 1 fully saturated rings. The second-order valence-electron chi connectivity index (χ2n) is 6.76. The van der Waals surface area contributed by atoms with E-state index < -0.39 is 0 Å². The van der Waals surface area contributed by atoms with Crippen molar-refractivity contribution in [2.24, 2.45) is 0 Å². The van der Waals surface area contributed by atoms with E-state index in [1.54, 1.807) is 12.1 Å². The van der Waals surface area contributed by atoms with E-state index in [1.165, 1.54) is 17.7 Å². The molecule has 0 N–H and O–H groups in total. The van der Waals surface area contributed by atoms with Crippen molar-refractivity contribution in [2.75, 3.05) is 19.8 Å². The Hall–Kier alpha value is -2.25. The second-order valence-corrected chi connectivity index (χ2v) is 6.76. The largest absolute Gasteiger partial charge is 0.485 e. The van der Waals surface area contributed by atoms with Crippen LogP contribution in [-0.4, -0.2) is 40.7 Å². The summed E-state index contributed by atoms with van der Waals surface area (Å²) in [6, 6.07) is 6.05. The Bertz CT molecular complexity index is 766. The van der Waals surface area contributed by atoms with Crippen molar-refractivity contribution in [2.45, 2.75) is 45.9 Å². The number of ether oxygens (including phenoxy) is 3. The van der Waals surface area contributed by atoms with Gasteiger partial charge < -0.3 is 14.2 Å². The standard InChI is InChI=1S/C20H26FN3O3/c1-15(2)5-3-8-20-22-19(14-27-17-7-4-6-16(21)11-17)23-24(20)12-18-13-25-9-10-26-18/h4-7,11,18H,3,8-10,12-14H2,1-2H3. The maximum atomic E-state index is 13.3. The molecule has 2 heterocycles. The number of nitrogens with zero attached hydrogens (tertiary/aromatic N) is 3. The molecule has 3 rings (SSSR count). The van der Waals surface area contributed by atoms with Crippen LogP contribution in [0.4, 0.5) is 4.39 Å². The highest BCUT2D eigenvalue weighted by molar-refractivity contribution is 5.22. The Kier molecular flexibility index (Phi) is 6.95. The molecule has 1 saturated heterocycles. The van der Waals surface area contributed by atoms with Gasteiger partial charge in [0.2, 0.25) is 0 Å². The molecular formula is C20H26FN3O3. The lowest BCUT2D eigenvalue weighted by Crippen LogP contribution is -2.33. The van der Waals surface area contributed by atoms with Gasteiger partial charge in [-0.15, -0.1) is 0 Å². The summed E-state index contributed by atoms with van der Waals surface area (Å²) in [6.45, 7) is 6.73. The zero-order valence-corrected chi connectivity index (χ0v) is 15.9. The predicted octanol–water partition coefficient (Wildman–Crippen LogP) is 3.31. The van der Waals surface area contributed by atoms with Crippen molar-refractivity contribution >= 4 is 0 Å².